The van der Waals surface area contributed by atoms with Crippen LogP contribution in [0.1, 0.15) is 98.0 Å². The Bertz CT molecular complexity index is 1340. The molecule has 0 spiro atoms. The van der Waals surface area contributed by atoms with Crippen LogP contribution >= 0.6 is 0 Å². The Labute approximate surface area is 282 Å². The minimum absolute atomic E-state index is 0.0537. The summed E-state index contributed by atoms with van der Waals surface area (Å²) < 4.78 is 24.3. The monoisotopic (exact) mass is 674 g/mol. The van der Waals surface area contributed by atoms with Gasteiger partial charge in [0.15, 0.2) is 9.84 Å². The highest BCUT2D eigenvalue weighted by molar-refractivity contribution is 7.92. The first-order valence-corrected chi connectivity index (χ1v) is 19.4. The zero-order valence-corrected chi connectivity index (χ0v) is 30.1. The van der Waals surface area contributed by atoms with Crippen LogP contribution in [0.4, 0.5) is 0 Å². The second-order valence-corrected chi connectivity index (χ2v) is 18.5. The van der Waals surface area contributed by atoms with Crippen LogP contribution < -0.4 is 16.0 Å². The Morgan fingerprint density at radius 3 is 2.09 bits per heavy atom. The molecular weight excluding hydrogens is 616 g/mol. The standard InChI is InChI=1S/C36H58N4O6S/c1-35(2,3)39-33(43)29-21-26-18-12-13-19-27(26)22-40(29)23-30(41)28(20-24-14-8-7-9-15-24)37-34(44)31(36(4,5)47(6,45)46)38-32(42)25-16-10-11-17-25/h7-9,14-15,25-31,41H,10-13,16-23H2,1-6H3,(H,37,44)(H,38,42)(H,39,43)/t26-,27+,28?,29?,30?,31+/m0/s1. The fourth-order valence-corrected chi connectivity index (χ4v) is 8.22. The molecule has 1 heterocycles. The van der Waals surface area contributed by atoms with Crippen molar-refractivity contribution < 1.29 is 27.9 Å². The minimum atomic E-state index is -3.79. The van der Waals surface area contributed by atoms with Gasteiger partial charge in [-0.05, 0) is 84.1 Å². The summed E-state index contributed by atoms with van der Waals surface area (Å²) in [6.07, 6.45) is 8.80. The number of carbonyl (C=O) groups is 3. The quantitative estimate of drug-likeness (QED) is 0.266. The summed E-state index contributed by atoms with van der Waals surface area (Å²) in [6.45, 7) is 9.65. The lowest BCUT2D eigenvalue weighted by molar-refractivity contribution is -0.134. The molecule has 3 unspecified atom stereocenters. The molecule has 2 aliphatic carbocycles. The summed E-state index contributed by atoms with van der Waals surface area (Å²) in [7, 11) is -3.79. The molecule has 264 valence electrons. The van der Waals surface area contributed by atoms with Crippen LogP contribution in [0.15, 0.2) is 30.3 Å². The van der Waals surface area contributed by atoms with Crippen LogP contribution in [0.5, 0.6) is 0 Å². The molecule has 1 aromatic carbocycles. The zero-order valence-electron chi connectivity index (χ0n) is 29.3. The number of piperidine rings is 1. The number of amides is 3. The van der Waals surface area contributed by atoms with Gasteiger partial charge in [0.25, 0.3) is 0 Å². The highest BCUT2D eigenvalue weighted by Crippen LogP contribution is 2.39. The molecule has 2 saturated carbocycles. The van der Waals surface area contributed by atoms with E-state index in [0.717, 1.165) is 50.3 Å². The fourth-order valence-electron chi connectivity index (χ4n) is 7.63. The second-order valence-electron chi connectivity index (χ2n) is 15.9. The van der Waals surface area contributed by atoms with Gasteiger partial charge >= 0.3 is 0 Å². The molecule has 1 aromatic rings. The van der Waals surface area contributed by atoms with Crippen molar-refractivity contribution in [1.29, 1.82) is 0 Å². The van der Waals surface area contributed by atoms with Gasteiger partial charge in [0, 0.05) is 30.8 Å². The number of β-amino-alcohol motifs (C(OH)–C–C–N with tert-alkyl or cyclic N) is 1. The number of likely N-dealkylation sites (tertiary alicyclic amines) is 1. The highest BCUT2D eigenvalue weighted by Gasteiger charge is 2.47. The third-order valence-corrected chi connectivity index (χ3v) is 12.9. The summed E-state index contributed by atoms with van der Waals surface area (Å²) in [4.78, 5) is 43.1. The number of hydrogen-bond acceptors (Lipinski definition) is 7. The topological polar surface area (TPSA) is 145 Å². The fraction of sp³-hybridized carbons (Fsp3) is 0.750. The molecule has 0 radical (unpaired) electrons. The van der Waals surface area contributed by atoms with Gasteiger partial charge in [-0.2, -0.15) is 0 Å². The van der Waals surface area contributed by atoms with Crippen molar-refractivity contribution in [3.8, 4) is 0 Å². The van der Waals surface area contributed by atoms with Crippen molar-refractivity contribution in [2.45, 2.75) is 133 Å². The highest BCUT2D eigenvalue weighted by atomic mass is 32.2. The maximum Gasteiger partial charge on any atom is 0.244 e. The van der Waals surface area contributed by atoms with E-state index >= 15 is 0 Å². The number of rotatable bonds is 12. The predicted molar refractivity (Wildman–Crippen MR) is 184 cm³/mol. The third-order valence-electron chi connectivity index (χ3n) is 10.7. The number of nitrogens with zero attached hydrogens (tertiary/aromatic N) is 1. The number of benzene rings is 1. The van der Waals surface area contributed by atoms with Crippen molar-refractivity contribution in [3.63, 3.8) is 0 Å². The van der Waals surface area contributed by atoms with Gasteiger partial charge in [-0.25, -0.2) is 8.42 Å². The molecule has 10 nitrogen and oxygen atoms in total. The lowest BCUT2D eigenvalue weighted by Gasteiger charge is -2.47. The number of carbonyl (C=O) groups excluding carboxylic acids is 3. The minimum Gasteiger partial charge on any atom is -0.390 e. The molecular formula is C36H58N4O6S. The average molecular weight is 675 g/mol. The maximum atomic E-state index is 14.1. The van der Waals surface area contributed by atoms with Gasteiger partial charge in [-0.3, -0.25) is 19.3 Å². The Hall–Kier alpha value is -2.50. The van der Waals surface area contributed by atoms with Gasteiger partial charge in [0.1, 0.15) is 6.04 Å². The van der Waals surface area contributed by atoms with E-state index in [2.05, 4.69) is 20.9 Å². The maximum absolute atomic E-state index is 14.1. The molecule has 3 fully saturated rings. The molecule has 1 saturated heterocycles. The number of nitrogens with one attached hydrogen (secondary N) is 3. The zero-order chi connectivity index (χ0) is 34.6. The van der Waals surface area contributed by atoms with Gasteiger partial charge in [0.2, 0.25) is 17.7 Å². The first kappa shape index (κ1) is 37.3. The number of aliphatic hydroxyl groups excluding tert-OH is 1. The lowest BCUT2D eigenvalue weighted by atomic mass is 9.72. The summed E-state index contributed by atoms with van der Waals surface area (Å²) in [5.41, 5.74) is 0.484. The van der Waals surface area contributed by atoms with E-state index in [1.807, 2.05) is 51.1 Å². The van der Waals surface area contributed by atoms with Crippen LogP contribution in [0.3, 0.4) is 0 Å². The Kier molecular flexibility index (Phi) is 12.2. The Balaban J connectivity index is 1.60. The molecule has 11 heteroatoms. The van der Waals surface area contributed by atoms with Crippen LogP contribution in [0.25, 0.3) is 0 Å². The number of hydrogen-bond donors (Lipinski definition) is 4. The first-order chi connectivity index (χ1) is 22.0. The van der Waals surface area contributed by atoms with E-state index in [1.54, 1.807) is 0 Å². The van der Waals surface area contributed by atoms with E-state index in [-0.39, 0.29) is 30.7 Å². The van der Waals surface area contributed by atoms with Crippen molar-refractivity contribution in [2.24, 2.45) is 17.8 Å². The lowest BCUT2D eigenvalue weighted by Crippen LogP contribution is -2.64. The number of aliphatic hydroxyl groups is 1. The average Bonchev–Trinajstić information content (AvgIpc) is 3.53. The summed E-state index contributed by atoms with van der Waals surface area (Å²) in [5, 5.41) is 20.8. The molecule has 0 aromatic heterocycles. The van der Waals surface area contributed by atoms with E-state index < -0.39 is 50.3 Å². The molecule has 4 N–H and O–H groups in total. The van der Waals surface area contributed by atoms with E-state index in [4.69, 9.17) is 0 Å². The molecule has 6 atom stereocenters. The van der Waals surface area contributed by atoms with Crippen LogP contribution in [-0.2, 0) is 30.6 Å². The molecule has 1 aliphatic heterocycles. The number of sulfone groups is 1. The van der Waals surface area contributed by atoms with Crippen molar-refractivity contribution in [1.82, 2.24) is 20.9 Å². The number of fused-ring (bicyclic) bond motifs is 1. The second kappa shape index (κ2) is 15.4. The Morgan fingerprint density at radius 1 is 0.894 bits per heavy atom. The van der Waals surface area contributed by atoms with Crippen molar-refractivity contribution in [2.75, 3.05) is 19.3 Å². The van der Waals surface area contributed by atoms with Crippen molar-refractivity contribution >= 4 is 27.6 Å². The van der Waals surface area contributed by atoms with Gasteiger partial charge in [-0.15, -0.1) is 0 Å². The summed E-state index contributed by atoms with van der Waals surface area (Å²) in [5.74, 6) is -0.368. The molecule has 4 rings (SSSR count). The molecule has 3 aliphatic rings. The smallest absolute Gasteiger partial charge is 0.244 e. The summed E-state index contributed by atoms with van der Waals surface area (Å²) >= 11 is 0. The van der Waals surface area contributed by atoms with Crippen LogP contribution in [0, 0.1) is 17.8 Å². The van der Waals surface area contributed by atoms with E-state index in [1.165, 1.54) is 20.3 Å². The van der Waals surface area contributed by atoms with Gasteiger partial charge in [-0.1, -0.05) is 62.4 Å². The SMILES string of the molecule is CC(C)(C)NC(=O)C1C[C@@H]2CCCC[C@@H]2CN1CC(O)C(Cc1ccccc1)NC(=O)[C@@H](NC(=O)C1CCCC1)C(C)(C)S(C)(=O)=O. The van der Waals surface area contributed by atoms with Gasteiger partial charge in [0.05, 0.1) is 22.9 Å². The largest absolute Gasteiger partial charge is 0.390 e. The van der Waals surface area contributed by atoms with E-state index in [0.29, 0.717) is 31.2 Å². The predicted octanol–water partition coefficient (Wildman–Crippen LogP) is 3.37. The summed E-state index contributed by atoms with van der Waals surface area (Å²) in [6, 6.07) is 6.93. The molecule has 3 amide bonds. The first-order valence-electron chi connectivity index (χ1n) is 17.5. The van der Waals surface area contributed by atoms with Gasteiger partial charge < -0.3 is 21.1 Å². The van der Waals surface area contributed by atoms with Crippen LogP contribution in [0.2, 0.25) is 0 Å². The van der Waals surface area contributed by atoms with E-state index in [9.17, 15) is 27.9 Å². The van der Waals surface area contributed by atoms with Crippen molar-refractivity contribution in [3.05, 3.63) is 35.9 Å². The molecule has 0 bridgehead atoms. The Morgan fingerprint density at radius 2 is 1.49 bits per heavy atom. The molecule has 47 heavy (non-hydrogen) atoms. The normalized spacial score (nSPS) is 24.9. The third kappa shape index (κ3) is 9.79. The van der Waals surface area contributed by atoms with Crippen LogP contribution in [-0.4, -0.2) is 90.0 Å².